The Balaban J connectivity index is 2.11. The summed E-state index contributed by atoms with van der Waals surface area (Å²) in [6.07, 6.45) is 0. The molecule has 0 radical (unpaired) electrons. The maximum atomic E-state index is 12.3. The summed E-state index contributed by atoms with van der Waals surface area (Å²) < 4.78 is 10.2. The van der Waals surface area contributed by atoms with E-state index in [1.807, 2.05) is 0 Å². The fraction of sp³-hybridized carbons (Fsp3) is 0.125. The lowest BCUT2D eigenvalue weighted by Crippen LogP contribution is -2.34. The smallest absolute Gasteiger partial charge is 0.257 e. The van der Waals surface area contributed by atoms with Crippen LogP contribution in [0.3, 0.4) is 0 Å². The number of hydrogen-bond donors (Lipinski definition) is 3. The molecule has 0 heterocycles. The van der Waals surface area contributed by atoms with Gasteiger partial charge in [0.15, 0.2) is 10.9 Å². The zero-order valence-corrected chi connectivity index (χ0v) is 15.6. The summed E-state index contributed by atoms with van der Waals surface area (Å²) in [6, 6.07) is 7.60. The number of carbonyl (C=O) groups is 1. The van der Waals surface area contributed by atoms with Gasteiger partial charge in [-0.15, -0.1) is 0 Å². The Morgan fingerprint density at radius 3 is 2.04 bits per heavy atom. The Bertz CT molecular complexity index is 785. The number of nitrogens with one attached hydrogen (secondary N) is 2. The number of hydrogen-bond acceptors (Lipinski definition) is 5. The first-order chi connectivity index (χ1) is 11.8. The second kappa shape index (κ2) is 8.24. The largest absolute Gasteiger partial charge is 0.505 e. The van der Waals surface area contributed by atoms with Crippen LogP contribution in [0.5, 0.6) is 17.2 Å². The summed E-state index contributed by atoms with van der Waals surface area (Å²) in [5, 5.41) is 15.0. The van der Waals surface area contributed by atoms with Crippen LogP contribution in [0.4, 0.5) is 5.69 Å². The first kappa shape index (κ1) is 19.1. The molecule has 0 saturated heterocycles. The van der Waals surface area contributed by atoms with E-state index in [0.29, 0.717) is 22.7 Å². The minimum Gasteiger partial charge on any atom is -0.505 e. The normalized spacial score (nSPS) is 10.1. The third-order valence-electron chi connectivity index (χ3n) is 3.12. The molecule has 0 aliphatic carbocycles. The lowest BCUT2D eigenvalue weighted by atomic mass is 10.2. The van der Waals surface area contributed by atoms with Gasteiger partial charge in [0, 0.05) is 17.3 Å². The highest BCUT2D eigenvalue weighted by atomic mass is 35.5. The third-order valence-corrected chi connectivity index (χ3v) is 3.90. The van der Waals surface area contributed by atoms with Gasteiger partial charge in [0.05, 0.1) is 24.3 Å². The average Bonchev–Trinajstić information content (AvgIpc) is 2.58. The van der Waals surface area contributed by atoms with Crippen molar-refractivity contribution in [1.82, 2.24) is 5.32 Å². The molecule has 0 fully saturated rings. The van der Waals surface area contributed by atoms with Gasteiger partial charge in [-0.25, -0.2) is 0 Å². The molecule has 6 nitrogen and oxygen atoms in total. The average molecular weight is 401 g/mol. The molecule has 1 amide bonds. The van der Waals surface area contributed by atoms with Crippen LogP contribution >= 0.6 is 35.4 Å². The van der Waals surface area contributed by atoms with Crippen molar-refractivity contribution in [2.45, 2.75) is 0 Å². The second-order valence-corrected chi connectivity index (χ2v) is 6.02. The molecule has 2 rings (SSSR count). The molecular formula is C16H14Cl2N2O4S. The molecule has 0 saturated carbocycles. The number of methoxy groups -OCH3 is 2. The number of aromatic hydroxyl groups is 1. The van der Waals surface area contributed by atoms with Crippen molar-refractivity contribution in [1.29, 1.82) is 0 Å². The number of anilines is 1. The van der Waals surface area contributed by atoms with E-state index < -0.39 is 5.91 Å². The minimum atomic E-state index is -0.453. The van der Waals surface area contributed by atoms with Crippen molar-refractivity contribution >= 4 is 52.1 Å². The van der Waals surface area contributed by atoms with Gasteiger partial charge in [-0.2, -0.15) is 0 Å². The monoisotopic (exact) mass is 400 g/mol. The molecular weight excluding hydrogens is 387 g/mol. The Morgan fingerprint density at radius 2 is 1.56 bits per heavy atom. The summed E-state index contributed by atoms with van der Waals surface area (Å²) in [6.45, 7) is 0. The van der Waals surface area contributed by atoms with Crippen molar-refractivity contribution in [3.63, 3.8) is 0 Å². The summed E-state index contributed by atoms with van der Waals surface area (Å²) >= 11 is 16.8. The van der Waals surface area contributed by atoms with Crippen LogP contribution in [-0.2, 0) is 0 Å². The van der Waals surface area contributed by atoms with Crippen LogP contribution in [0, 0.1) is 0 Å². The SMILES string of the molecule is COc1cc(OC)cc(C(=O)NC(=S)Nc2cc(Cl)c(O)c(Cl)c2)c1. The minimum absolute atomic E-state index is 0.0320. The highest BCUT2D eigenvalue weighted by Gasteiger charge is 2.13. The number of halogens is 2. The molecule has 0 aromatic heterocycles. The van der Waals surface area contributed by atoms with E-state index in [-0.39, 0.29) is 20.9 Å². The quantitative estimate of drug-likeness (QED) is 0.534. The van der Waals surface area contributed by atoms with E-state index in [1.54, 1.807) is 18.2 Å². The van der Waals surface area contributed by atoms with E-state index in [2.05, 4.69) is 10.6 Å². The number of amides is 1. The fourth-order valence-electron chi connectivity index (χ4n) is 1.91. The number of ether oxygens (including phenoxy) is 2. The van der Waals surface area contributed by atoms with Crippen LogP contribution in [0.15, 0.2) is 30.3 Å². The van der Waals surface area contributed by atoms with Crippen molar-refractivity contribution in [2.24, 2.45) is 0 Å². The maximum Gasteiger partial charge on any atom is 0.257 e. The van der Waals surface area contributed by atoms with Gasteiger partial charge < -0.3 is 19.9 Å². The molecule has 132 valence electrons. The van der Waals surface area contributed by atoms with E-state index in [4.69, 9.17) is 44.9 Å². The predicted molar refractivity (Wildman–Crippen MR) is 101 cm³/mol. The predicted octanol–water partition coefficient (Wildman–Crippen LogP) is 3.84. The third kappa shape index (κ3) is 4.88. The molecule has 9 heteroatoms. The summed E-state index contributed by atoms with van der Waals surface area (Å²) in [7, 11) is 2.97. The summed E-state index contributed by atoms with van der Waals surface area (Å²) in [4.78, 5) is 12.3. The molecule has 0 aliphatic rings. The van der Waals surface area contributed by atoms with Crippen LogP contribution in [-0.4, -0.2) is 30.3 Å². The molecule has 0 atom stereocenters. The van der Waals surface area contributed by atoms with E-state index >= 15 is 0 Å². The standard InChI is InChI=1S/C16H14Cl2N2O4S/c1-23-10-3-8(4-11(7-10)24-2)15(22)20-16(25)19-9-5-12(17)14(21)13(18)6-9/h3-7,21H,1-2H3,(H2,19,20,22,25). The molecule has 2 aromatic carbocycles. The first-order valence-corrected chi connectivity index (χ1v) is 8.04. The topological polar surface area (TPSA) is 79.8 Å². The van der Waals surface area contributed by atoms with Gasteiger partial charge in [0.25, 0.3) is 5.91 Å². The van der Waals surface area contributed by atoms with Gasteiger partial charge in [-0.05, 0) is 36.5 Å². The zero-order valence-electron chi connectivity index (χ0n) is 13.2. The number of thiocarbonyl (C=S) groups is 1. The number of rotatable bonds is 4. The van der Waals surface area contributed by atoms with Crippen molar-refractivity contribution < 1.29 is 19.4 Å². The molecule has 0 bridgehead atoms. The number of benzene rings is 2. The van der Waals surface area contributed by atoms with Gasteiger partial charge in [0.2, 0.25) is 0 Å². The highest BCUT2D eigenvalue weighted by Crippen LogP contribution is 2.34. The molecule has 0 aliphatic heterocycles. The number of phenols is 1. The summed E-state index contributed by atoms with van der Waals surface area (Å²) in [5.74, 6) is 0.263. The molecule has 2 aromatic rings. The Kier molecular flexibility index (Phi) is 6.30. The lowest BCUT2D eigenvalue weighted by molar-refractivity contribution is 0.0977. The van der Waals surface area contributed by atoms with Gasteiger partial charge >= 0.3 is 0 Å². The van der Waals surface area contributed by atoms with Gasteiger partial charge in [-0.3, -0.25) is 10.1 Å². The molecule has 25 heavy (non-hydrogen) atoms. The Morgan fingerprint density at radius 1 is 1.04 bits per heavy atom. The van der Waals surface area contributed by atoms with Gasteiger partial charge in [-0.1, -0.05) is 23.2 Å². The first-order valence-electron chi connectivity index (χ1n) is 6.87. The number of phenolic OH excluding ortho intramolecular Hbond substituents is 1. The lowest BCUT2D eigenvalue weighted by Gasteiger charge is -2.12. The van der Waals surface area contributed by atoms with Crippen molar-refractivity contribution in [3.05, 3.63) is 45.9 Å². The fourth-order valence-corrected chi connectivity index (χ4v) is 2.61. The maximum absolute atomic E-state index is 12.3. The van der Waals surface area contributed by atoms with E-state index in [1.165, 1.54) is 26.4 Å². The van der Waals surface area contributed by atoms with Crippen molar-refractivity contribution in [3.8, 4) is 17.2 Å². The van der Waals surface area contributed by atoms with E-state index in [9.17, 15) is 9.90 Å². The number of carbonyl (C=O) groups excluding carboxylic acids is 1. The van der Waals surface area contributed by atoms with E-state index in [0.717, 1.165) is 0 Å². The van der Waals surface area contributed by atoms with Crippen LogP contribution < -0.4 is 20.1 Å². The second-order valence-electron chi connectivity index (χ2n) is 4.80. The highest BCUT2D eigenvalue weighted by molar-refractivity contribution is 7.80. The van der Waals surface area contributed by atoms with Gasteiger partial charge in [0.1, 0.15) is 11.5 Å². The molecule has 3 N–H and O–H groups in total. The Labute approximate surface area is 159 Å². The molecule has 0 unspecified atom stereocenters. The van der Waals surface area contributed by atoms with Crippen LogP contribution in [0.2, 0.25) is 10.0 Å². The van der Waals surface area contributed by atoms with Crippen LogP contribution in [0.1, 0.15) is 10.4 Å². The van der Waals surface area contributed by atoms with Crippen LogP contribution in [0.25, 0.3) is 0 Å². The summed E-state index contributed by atoms with van der Waals surface area (Å²) in [5.41, 5.74) is 0.725. The molecule has 0 spiro atoms. The Hall–Kier alpha value is -2.22. The zero-order chi connectivity index (χ0) is 18.6. The van der Waals surface area contributed by atoms with Crippen molar-refractivity contribution in [2.75, 3.05) is 19.5 Å².